The van der Waals surface area contributed by atoms with Gasteiger partial charge in [0, 0.05) is 20.1 Å². The highest BCUT2D eigenvalue weighted by Crippen LogP contribution is 1.99. The number of allylic oxidation sites excluding steroid dienone is 2. The molecule has 0 saturated heterocycles. The number of carbonyl (C=O) groups excluding carboxylic acids is 1. The Morgan fingerprint density at radius 2 is 1.38 bits per heavy atom. The average Bonchev–Trinajstić information content (AvgIpc) is 2.64. The van der Waals surface area contributed by atoms with Crippen LogP contribution in [0.1, 0.15) is 40.2 Å². The first kappa shape index (κ1) is 31.8. The Hall–Kier alpha value is -1.95. The number of esters is 1. The van der Waals surface area contributed by atoms with E-state index in [1.165, 1.54) is 6.92 Å². The summed E-state index contributed by atoms with van der Waals surface area (Å²) in [5.74, 6) is -0.242. The molecule has 0 fully saturated rings. The fraction of sp³-hybridized carbons (Fsp3) is 0.476. The maximum absolute atomic E-state index is 10.4. The third-order valence-corrected chi connectivity index (χ3v) is 1.79. The molecule has 0 radical (unpaired) electrons. The molecule has 152 valence electrons. The van der Waals surface area contributed by atoms with Crippen LogP contribution in [0.15, 0.2) is 55.6 Å². The maximum Gasteiger partial charge on any atom is 0.302 e. The third kappa shape index (κ3) is 49.5. The molecule has 5 nitrogen and oxygen atoms in total. The second kappa shape index (κ2) is 34.4. The minimum absolute atomic E-state index is 0.125. The van der Waals surface area contributed by atoms with Gasteiger partial charge in [-0.25, -0.2) is 0 Å². The normalized spacial score (nSPS) is 7.65. The largest absolute Gasteiger partial charge is 0.461 e. The van der Waals surface area contributed by atoms with Crippen LogP contribution in [-0.4, -0.2) is 42.6 Å². The number of carbonyl (C=O) groups is 1. The van der Waals surface area contributed by atoms with Crippen molar-refractivity contribution in [3.8, 4) is 0 Å². The molecule has 5 heteroatoms. The van der Waals surface area contributed by atoms with Crippen molar-refractivity contribution in [2.45, 2.75) is 41.2 Å². The molecule has 0 heterocycles. The number of rotatable bonds is 5. The molecule has 0 bridgehead atoms. The topological polar surface area (TPSA) is 76.0 Å². The third-order valence-electron chi connectivity index (χ3n) is 1.79. The Kier molecular flexibility index (Phi) is 42.1. The van der Waals surface area contributed by atoms with Crippen LogP contribution < -0.4 is 0 Å². The number of aliphatic hydroxyl groups is 2. The molecule has 0 atom stereocenters. The van der Waals surface area contributed by atoms with Gasteiger partial charge >= 0.3 is 5.97 Å². The standard InChI is InChI=1S/C9H10O2.C4H10O.2C3H6.C2H6O2/c1-8(10)11-7-9-5-3-2-4-6-9;1-3-5-4-2;2*1-3-2;3-1-2-4/h2-6H,7H2,1H3;3-4H2,1-2H3;2*3H,1H2,2H3;3-4H,1-2H2. The van der Waals surface area contributed by atoms with Crippen LogP contribution in [0.25, 0.3) is 0 Å². The lowest BCUT2D eigenvalue weighted by molar-refractivity contribution is -0.142. The monoisotopic (exact) mass is 370 g/mol. The van der Waals surface area contributed by atoms with Gasteiger partial charge in [0.2, 0.25) is 0 Å². The first-order valence-electron chi connectivity index (χ1n) is 8.56. The molecular weight excluding hydrogens is 332 g/mol. The van der Waals surface area contributed by atoms with Gasteiger partial charge < -0.3 is 19.7 Å². The van der Waals surface area contributed by atoms with Gasteiger partial charge in [-0.05, 0) is 33.3 Å². The van der Waals surface area contributed by atoms with E-state index in [1.54, 1.807) is 12.2 Å². The van der Waals surface area contributed by atoms with Gasteiger partial charge in [-0.1, -0.05) is 42.5 Å². The SMILES string of the molecule is C=CC.C=CC.CC(=O)OCc1ccccc1.CCOCC.OCCO. The van der Waals surface area contributed by atoms with Crippen molar-refractivity contribution in [1.29, 1.82) is 0 Å². The van der Waals surface area contributed by atoms with Crippen molar-refractivity contribution in [2.75, 3.05) is 26.4 Å². The Morgan fingerprint density at radius 3 is 1.62 bits per heavy atom. The van der Waals surface area contributed by atoms with Gasteiger partial charge in [-0.2, -0.15) is 0 Å². The highest BCUT2D eigenvalue weighted by atomic mass is 16.5. The molecule has 1 aromatic rings. The fourth-order valence-corrected chi connectivity index (χ4v) is 0.963. The summed E-state index contributed by atoms with van der Waals surface area (Å²) in [7, 11) is 0. The van der Waals surface area contributed by atoms with Crippen molar-refractivity contribution >= 4 is 5.97 Å². The Bertz CT molecular complexity index is 367. The molecule has 0 aromatic heterocycles. The number of hydrogen-bond donors (Lipinski definition) is 2. The highest BCUT2D eigenvalue weighted by Gasteiger charge is 1.93. The summed E-state index contributed by atoms with van der Waals surface area (Å²) in [6.07, 6.45) is 3.50. The Balaban J connectivity index is -0.000000136. The lowest BCUT2D eigenvalue weighted by Crippen LogP contribution is -1.97. The van der Waals surface area contributed by atoms with Gasteiger partial charge in [0.1, 0.15) is 6.61 Å². The van der Waals surface area contributed by atoms with Crippen LogP contribution in [0, 0.1) is 0 Å². The first-order chi connectivity index (χ1) is 12.4. The zero-order chi connectivity index (χ0) is 21.1. The van der Waals surface area contributed by atoms with Crippen molar-refractivity contribution in [1.82, 2.24) is 0 Å². The quantitative estimate of drug-likeness (QED) is 0.601. The lowest BCUT2D eigenvalue weighted by Gasteiger charge is -1.99. The Labute approximate surface area is 160 Å². The summed E-state index contributed by atoms with van der Waals surface area (Å²) in [4.78, 5) is 10.4. The van der Waals surface area contributed by atoms with E-state index in [0.29, 0.717) is 6.61 Å². The van der Waals surface area contributed by atoms with E-state index in [-0.39, 0.29) is 19.2 Å². The average molecular weight is 371 g/mol. The molecule has 0 aliphatic carbocycles. The van der Waals surface area contributed by atoms with Gasteiger partial charge in [-0.3, -0.25) is 4.79 Å². The van der Waals surface area contributed by atoms with Crippen molar-refractivity contribution in [3.05, 3.63) is 61.2 Å². The zero-order valence-electron chi connectivity index (χ0n) is 17.1. The van der Waals surface area contributed by atoms with E-state index < -0.39 is 0 Å². The summed E-state index contributed by atoms with van der Waals surface area (Å²) < 4.78 is 9.62. The van der Waals surface area contributed by atoms with Crippen molar-refractivity contribution < 1.29 is 24.5 Å². The highest BCUT2D eigenvalue weighted by molar-refractivity contribution is 5.65. The van der Waals surface area contributed by atoms with Crippen LogP contribution >= 0.6 is 0 Å². The molecule has 0 aliphatic heterocycles. The second-order valence-electron chi connectivity index (χ2n) is 4.31. The van der Waals surface area contributed by atoms with Crippen molar-refractivity contribution in [2.24, 2.45) is 0 Å². The first-order valence-corrected chi connectivity index (χ1v) is 8.56. The van der Waals surface area contributed by atoms with Crippen LogP contribution in [0.2, 0.25) is 0 Å². The summed E-state index contributed by atoms with van der Waals surface area (Å²) in [6.45, 7) is 17.7. The predicted octanol–water partition coefficient (Wildman–Crippen LogP) is 4.15. The number of ether oxygens (including phenoxy) is 2. The van der Waals surface area contributed by atoms with E-state index in [0.717, 1.165) is 18.8 Å². The summed E-state index contributed by atoms with van der Waals surface area (Å²) in [5.41, 5.74) is 1.02. The summed E-state index contributed by atoms with van der Waals surface area (Å²) in [6, 6.07) is 9.60. The molecule has 0 aliphatic rings. The van der Waals surface area contributed by atoms with Crippen LogP contribution in [0.3, 0.4) is 0 Å². The molecule has 0 unspecified atom stereocenters. The molecular formula is C21H38O5. The van der Waals surface area contributed by atoms with Gasteiger partial charge in [-0.15, -0.1) is 13.2 Å². The predicted molar refractivity (Wildman–Crippen MR) is 110 cm³/mol. The Morgan fingerprint density at radius 1 is 1.00 bits per heavy atom. The number of benzene rings is 1. The molecule has 1 rings (SSSR count). The molecule has 0 spiro atoms. The zero-order valence-corrected chi connectivity index (χ0v) is 17.1. The number of hydrogen-bond acceptors (Lipinski definition) is 5. The number of aliphatic hydroxyl groups excluding tert-OH is 2. The van der Waals surface area contributed by atoms with Gasteiger partial charge in [0.15, 0.2) is 0 Å². The summed E-state index contributed by atoms with van der Waals surface area (Å²) in [5, 5.41) is 15.2. The molecule has 2 N–H and O–H groups in total. The van der Waals surface area contributed by atoms with Crippen LogP contribution in [0.5, 0.6) is 0 Å². The molecule has 26 heavy (non-hydrogen) atoms. The van der Waals surface area contributed by atoms with E-state index in [1.807, 2.05) is 58.0 Å². The van der Waals surface area contributed by atoms with E-state index in [2.05, 4.69) is 13.2 Å². The molecule has 0 amide bonds. The molecule has 1 aromatic carbocycles. The van der Waals surface area contributed by atoms with Crippen molar-refractivity contribution in [3.63, 3.8) is 0 Å². The van der Waals surface area contributed by atoms with Gasteiger partial charge in [0.25, 0.3) is 0 Å². The van der Waals surface area contributed by atoms with E-state index >= 15 is 0 Å². The van der Waals surface area contributed by atoms with E-state index in [4.69, 9.17) is 19.7 Å². The minimum Gasteiger partial charge on any atom is -0.461 e. The van der Waals surface area contributed by atoms with Gasteiger partial charge in [0.05, 0.1) is 13.2 Å². The minimum atomic E-state index is -0.242. The van der Waals surface area contributed by atoms with E-state index in [9.17, 15) is 4.79 Å². The fourth-order valence-electron chi connectivity index (χ4n) is 0.963. The smallest absolute Gasteiger partial charge is 0.302 e. The second-order valence-corrected chi connectivity index (χ2v) is 4.31. The van der Waals surface area contributed by atoms with Crippen LogP contribution in [0.4, 0.5) is 0 Å². The maximum atomic E-state index is 10.4. The lowest BCUT2D eigenvalue weighted by atomic mass is 10.2. The van der Waals surface area contributed by atoms with Crippen LogP contribution in [-0.2, 0) is 20.9 Å². The summed E-state index contributed by atoms with van der Waals surface area (Å²) >= 11 is 0. The molecule has 0 saturated carbocycles.